The summed E-state index contributed by atoms with van der Waals surface area (Å²) in [5, 5.41) is 14.8. The molecule has 0 aliphatic heterocycles. The van der Waals surface area contributed by atoms with E-state index in [2.05, 4.69) is 10.5 Å². The van der Waals surface area contributed by atoms with Crippen LogP contribution in [0.3, 0.4) is 0 Å². The van der Waals surface area contributed by atoms with E-state index in [-0.39, 0.29) is 24.7 Å². The van der Waals surface area contributed by atoms with Gasteiger partial charge in [-0.15, -0.1) is 0 Å². The van der Waals surface area contributed by atoms with Gasteiger partial charge in [-0.05, 0) is 12.1 Å². The number of carboxylic acid groups (broad SMARTS) is 1. The molecule has 0 fully saturated rings. The van der Waals surface area contributed by atoms with Crippen LogP contribution < -0.4 is 5.32 Å². The summed E-state index contributed by atoms with van der Waals surface area (Å²) in [7, 11) is 0. The molecule has 2 rings (SSSR count). The van der Waals surface area contributed by atoms with E-state index in [0.717, 1.165) is 0 Å². The Morgan fingerprint density at radius 3 is 2.94 bits per heavy atom. The van der Waals surface area contributed by atoms with E-state index in [1.807, 2.05) is 0 Å². The number of nitrogens with zero attached hydrogens (tertiary/aromatic N) is 2. The first-order valence-corrected chi connectivity index (χ1v) is 5.21. The predicted octanol–water partition coefficient (Wildman–Crippen LogP) is 0.491. The topological polar surface area (TPSA) is 97.4 Å². The fraction of sp³-hybridized carbons (Fsp3) is 0.182. The summed E-state index contributed by atoms with van der Waals surface area (Å²) in [6.07, 6.45) is 3.02. The van der Waals surface area contributed by atoms with Crippen LogP contribution in [0.5, 0.6) is 0 Å². The third-order valence-corrected chi connectivity index (χ3v) is 2.28. The molecule has 0 saturated heterocycles. The lowest BCUT2D eigenvalue weighted by molar-refractivity contribution is -0.137. The molecular weight excluding hydrogens is 238 g/mol. The summed E-state index contributed by atoms with van der Waals surface area (Å²) >= 11 is 0. The van der Waals surface area contributed by atoms with Crippen molar-refractivity contribution in [1.82, 2.24) is 15.0 Å². The molecule has 0 radical (unpaired) electrons. The zero-order chi connectivity index (χ0) is 13.0. The van der Waals surface area contributed by atoms with Crippen LogP contribution in [-0.2, 0) is 17.9 Å². The van der Waals surface area contributed by atoms with E-state index in [9.17, 15) is 9.59 Å². The van der Waals surface area contributed by atoms with E-state index >= 15 is 0 Å². The summed E-state index contributed by atoms with van der Waals surface area (Å²) in [5.74, 6) is -0.840. The van der Waals surface area contributed by atoms with Crippen LogP contribution in [0.25, 0.3) is 0 Å². The largest absolute Gasteiger partial charge is 0.480 e. The quantitative estimate of drug-likeness (QED) is 0.803. The SMILES string of the molecule is O=C(O)Cn1cccc1C(=O)NCc1ccno1. The van der Waals surface area contributed by atoms with Gasteiger partial charge in [-0.2, -0.15) is 0 Å². The van der Waals surface area contributed by atoms with Crippen LogP contribution in [-0.4, -0.2) is 26.7 Å². The Bertz CT molecular complexity index is 544. The first-order valence-electron chi connectivity index (χ1n) is 5.21. The predicted molar refractivity (Wildman–Crippen MR) is 59.7 cm³/mol. The minimum Gasteiger partial charge on any atom is -0.480 e. The molecule has 94 valence electrons. The van der Waals surface area contributed by atoms with Crippen LogP contribution in [0, 0.1) is 0 Å². The van der Waals surface area contributed by atoms with Crippen molar-refractivity contribution in [2.45, 2.75) is 13.1 Å². The Labute approximate surface area is 102 Å². The lowest BCUT2D eigenvalue weighted by Crippen LogP contribution is -2.26. The average molecular weight is 249 g/mol. The van der Waals surface area contributed by atoms with Gasteiger partial charge in [0.15, 0.2) is 5.76 Å². The highest BCUT2D eigenvalue weighted by Gasteiger charge is 2.12. The van der Waals surface area contributed by atoms with Crippen molar-refractivity contribution in [1.29, 1.82) is 0 Å². The normalized spacial score (nSPS) is 10.2. The fourth-order valence-corrected chi connectivity index (χ4v) is 1.50. The molecule has 7 heteroatoms. The minimum absolute atomic E-state index is 0.205. The fourth-order valence-electron chi connectivity index (χ4n) is 1.50. The van der Waals surface area contributed by atoms with E-state index in [0.29, 0.717) is 5.76 Å². The smallest absolute Gasteiger partial charge is 0.323 e. The van der Waals surface area contributed by atoms with Crippen LogP contribution >= 0.6 is 0 Å². The molecule has 0 bridgehead atoms. The van der Waals surface area contributed by atoms with E-state index in [4.69, 9.17) is 9.63 Å². The van der Waals surface area contributed by atoms with Crippen molar-refractivity contribution in [2.24, 2.45) is 0 Å². The zero-order valence-corrected chi connectivity index (χ0v) is 9.37. The maximum Gasteiger partial charge on any atom is 0.323 e. The van der Waals surface area contributed by atoms with Gasteiger partial charge in [0.25, 0.3) is 5.91 Å². The molecule has 2 aromatic heterocycles. The molecule has 0 atom stereocenters. The van der Waals surface area contributed by atoms with Gasteiger partial charge in [-0.3, -0.25) is 9.59 Å². The molecular formula is C11H11N3O4. The van der Waals surface area contributed by atoms with Crippen molar-refractivity contribution in [3.05, 3.63) is 42.0 Å². The van der Waals surface area contributed by atoms with Gasteiger partial charge in [-0.25, -0.2) is 0 Å². The molecule has 2 N–H and O–H groups in total. The Morgan fingerprint density at radius 1 is 1.44 bits per heavy atom. The molecule has 1 amide bonds. The number of hydrogen-bond acceptors (Lipinski definition) is 4. The number of rotatable bonds is 5. The summed E-state index contributed by atoms with van der Waals surface area (Å²) in [6.45, 7) is -0.0465. The summed E-state index contributed by atoms with van der Waals surface area (Å²) < 4.78 is 6.19. The first kappa shape index (κ1) is 11.9. The summed E-state index contributed by atoms with van der Waals surface area (Å²) in [5.41, 5.74) is 0.289. The van der Waals surface area contributed by atoms with Crippen molar-refractivity contribution < 1.29 is 19.2 Å². The van der Waals surface area contributed by atoms with Gasteiger partial charge in [0, 0.05) is 12.3 Å². The Hall–Kier alpha value is -2.57. The van der Waals surface area contributed by atoms with Crippen LogP contribution in [0.4, 0.5) is 0 Å². The van der Waals surface area contributed by atoms with Gasteiger partial charge in [0.2, 0.25) is 0 Å². The van der Waals surface area contributed by atoms with Gasteiger partial charge in [-0.1, -0.05) is 5.16 Å². The number of nitrogens with one attached hydrogen (secondary N) is 1. The second kappa shape index (κ2) is 5.17. The highest BCUT2D eigenvalue weighted by atomic mass is 16.5. The molecule has 0 saturated carbocycles. The maximum atomic E-state index is 11.8. The van der Waals surface area contributed by atoms with E-state index in [1.165, 1.54) is 17.0 Å². The van der Waals surface area contributed by atoms with Crippen molar-refractivity contribution >= 4 is 11.9 Å². The van der Waals surface area contributed by atoms with Gasteiger partial charge >= 0.3 is 5.97 Å². The van der Waals surface area contributed by atoms with Gasteiger partial charge < -0.3 is 19.5 Å². The standard InChI is InChI=1S/C11H11N3O4/c15-10(16)7-14-5-1-2-9(14)11(17)12-6-8-3-4-13-18-8/h1-5H,6-7H2,(H,12,17)(H,15,16). The van der Waals surface area contributed by atoms with Gasteiger partial charge in [0.1, 0.15) is 12.2 Å². The molecule has 7 nitrogen and oxygen atoms in total. The van der Waals surface area contributed by atoms with Crippen molar-refractivity contribution in [3.63, 3.8) is 0 Å². The monoisotopic (exact) mass is 249 g/mol. The molecule has 0 aromatic carbocycles. The second-order valence-electron chi connectivity index (χ2n) is 3.58. The summed E-state index contributed by atoms with van der Waals surface area (Å²) in [4.78, 5) is 22.4. The molecule has 0 aliphatic carbocycles. The van der Waals surface area contributed by atoms with Crippen molar-refractivity contribution in [3.8, 4) is 0 Å². The van der Waals surface area contributed by atoms with Crippen LogP contribution in [0.15, 0.2) is 35.1 Å². The van der Waals surface area contributed by atoms with E-state index in [1.54, 1.807) is 18.2 Å². The molecule has 2 heterocycles. The maximum absolute atomic E-state index is 11.8. The lowest BCUT2D eigenvalue weighted by atomic mass is 10.3. The third-order valence-electron chi connectivity index (χ3n) is 2.28. The molecule has 0 unspecified atom stereocenters. The first-order chi connectivity index (χ1) is 8.66. The Kier molecular flexibility index (Phi) is 3.42. The molecule has 2 aromatic rings. The van der Waals surface area contributed by atoms with Crippen LogP contribution in [0.1, 0.15) is 16.2 Å². The zero-order valence-electron chi connectivity index (χ0n) is 9.37. The number of aromatic nitrogens is 2. The number of carboxylic acids is 1. The third kappa shape index (κ3) is 2.76. The second-order valence-corrected chi connectivity index (χ2v) is 3.58. The number of amides is 1. The number of carbonyl (C=O) groups excluding carboxylic acids is 1. The molecule has 0 spiro atoms. The summed E-state index contributed by atoms with van der Waals surface area (Å²) in [6, 6.07) is 4.81. The Balaban J connectivity index is 2.00. The highest BCUT2D eigenvalue weighted by Crippen LogP contribution is 2.03. The average Bonchev–Trinajstić information content (AvgIpc) is 2.95. The number of aliphatic carboxylic acids is 1. The van der Waals surface area contributed by atoms with Gasteiger partial charge in [0.05, 0.1) is 12.7 Å². The number of carbonyl (C=O) groups is 2. The molecule has 18 heavy (non-hydrogen) atoms. The highest BCUT2D eigenvalue weighted by molar-refractivity contribution is 5.93. The van der Waals surface area contributed by atoms with Crippen molar-refractivity contribution in [2.75, 3.05) is 0 Å². The van der Waals surface area contributed by atoms with Crippen LogP contribution in [0.2, 0.25) is 0 Å². The minimum atomic E-state index is -1.00. The molecule has 0 aliphatic rings. The lowest BCUT2D eigenvalue weighted by Gasteiger charge is -2.06. The number of hydrogen-bond donors (Lipinski definition) is 2. The Morgan fingerprint density at radius 2 is 2.28 bits per heavy atom. The van der Waals surface area contributed by atoms with E-state index < -0.39 is 5.97 Å².